The Morgan fingerprint density at radius 2 is 1.89 bits per heavy atom. The summed E-state index contributed by atoms with van der Waals surface area (Å²) in [5, 5.41) is 8.40. The van der Waals surface area contributed by atoms with Gasteiger partial charge >= 0.3 is 0 Å². The zero-order chi connectivity index (χ0) is 25.5. The fourth-order valence-corrected chi connectivity index (χ4v) is 4.43. The molecular weight excluding hydrogens is 471 g/mol. The minimum Gasteiger partial charge on any atom is -0.497 e. The minimum atomic E-state index is -0.387. The highest BCUT2D eigenvalue weighted by molar-refractivity contribution is 5.96. The molecule has 10 heteroatoms. The van der Waals surface area contributed by atoms with Crippen LogP contribution in [0.2, 0.25) is 0 Å². The quantitative estimate of drug-likeness (QED) is 0.341. The van der Waals surface area contributed by atoms with E-state index in [1.807, 2.05) is 32.4 Å². The molecule has 0 radical (unpaired) electrons. The van der Waals surface area contributed by atoms with Crippen molar-refractivity contribution in [2.24, 2.45) is 0 Å². The van der Waals surface area contributed by atoms with E-state index in [0.717, 1.165) is 39.8 Å². The lowest BCUT2D eigenvalue weighted by atomic mass is 10.1. The molecule has 0 spiro atoms. The van der Waals surface area contributed by atoms with Gasteiger partial charge in [0.2, 0.25) is 0 Å². The van der Waals surface area contributed by atoms with Crippen LogP contribution in [0.25, 0.3) is 56.0 Å². The highest BCUT2D eigenvalue weighted by Crippen LogP contribution is 2.33. The Labute approximate surface area is 211 Å². The second kappa shape index (κ2) is 9.07. The zero-order valence-corrected chi connectivity index (χ0v) is 20.5. The van der Waals surface area contributed by atoms with Gasteiger partial charge in [-0.3, -0.25) is 15.1 Å². The lowest BCUT2D eigenvalue weighted by molar-refractivity contribution is 0.402. The number of methoxy groups -OCH3 is 1. The number of benzene rings is 1. The number of nitrogens with zero attached hydrogens (tertiary/aromatic N) is 6. The molecular formula is C27H23FN8O. The fraction of sp³-hybridized carbons (Fsp3) is 0.148. The number of aromatic nitrogens is 7. The maximum Gasteiger partial charge on any atom is 0.178 e. The number of H-pyrrole nitrogens is 2. The van der Waals surface area contributed by atoms with Crippen molar-refractivity contribution in [2.75, 3.05) is 21.2 Å². The van der Waals surface area contributed by atoms with Crippen LogP contribution in [-0.2, 0) is 6.54 Å². The molecule has 0 fully saturated rings. The maximum atomic E-state index is 14.2. The number of nitrogens with one attached hydrogen (secondary N) is 2. The van der Waals surface area contributed by atoms with E-state index in [0.29, 0.717) is 34.0 Å². The van der Waals surface area contributed by atoms with Crippen LogP contribution in [0.5, 0.6) is 5.75 Å². The van der Waals surface area contributed by atoms with Gasteiger partial charge in [-0.25, -0.2) is 14.4 Å². The normalized spacial score (nSPS) is 11.6. The van der Waals surface area contributed by atoms with E-state index < -0.39 is 0 Å². The molecule has 0 atom stereocenters. The molecule has 0 bridgehead atoms. The molecule has 184 valence electrons. The second-order valence-corrected chi connectivity index (χ2v) is 9.03. The van der Waals surface area contributed by atoms with Crippen molar-refractivity contribution in [3.05, 3.63) is 72.6 Å². The number of imidazole rings is 1. The summed E-state index contributed by atoms with van der Waals surface area (Å²) in [6.07, 6.45) is 7.07. The molecule has 1 aromatic carbocycles. The van der Waals surface area contributed by atoms with Gasteiger partial charge in [0.15, 0.2) is 11.5 Å². The third-order valence-electron chi connectivity index (χ3n) is 6.07. The molecule has 0 aliphatic heterocycles. The van der Waals surface area contributed by atoms with Crippen LogP contribution in [0.3, 0.4) is 0 Å². The summed E-state index contributed by atoms with van der Waals surface area (Å²) in [6.45, 7) is 0.783. The summed E-state index contributed by atoms with van der Waals surface area (Å²) in [5.41, 5.74) is 6.80. The number of halogens is 1. The zero-order valence-electron chi connectivity index (χ0n) is 20.5. The monoisotopic (exact) mass is 494 g/mol. The van der Waals surface area contributed by atoms with Gasteiger partial charge in [0.1, 0.15) is 17.3 Å². The molecule has 6 rings (SSSR count). The fourth-order valence-electron chi connectivity index (χ4n) is 4.43. The standard InChI is InChI=1S/C27H23FN8O/c1-36(2)14-15-6-17(12-29-11-15)22-10-21-23(13-31-22)34-35-25(21)27-32-24-20(4-5-30-26(24)33-27)16-7-18(28)9-19(8-16)37-3/h4-13H,14H2,1-3H3,(H,34,35)(H,30,32,33). The van der Waals surface area contributed by atoms with Crippen LogP contribution in [0.4, 0.5) is 4.39 Å². The Morgan fingerprint density at radius 1 is 1.00 bits per heavy atom. The predicted octanol–water partition coefficient (Wildman–Crippen LogP) is 4.83. The van der Waals surface area contributed by atoms with Gasteiger partial charge in [-0.15, -0.1) is 0 Å². The van der Waals surface area contributed by atoms with Crippen molar-refractivity contribution in [3.63, 3.8) is 0 Å². The van der Waals surface area contributed by atoms with Crippen molar-refractivity contribution >= 4 is 22.1 Å². The summed E-state index contributed by atoms with van der Waals surface area (Å²) < 4.78 is 19.5. The summed E-state index contributed by atoms with van der Waals surface area (Å²) in [6, 6.07) is 10.5. The summed E-state index contributed by atoms with van der Waals surface area (Å²) in [5.74, 6) is 0.588. The molecule has 9 nitrogen and oxygen atoms in total. The molecule has 0 saturated carbocycles. The van der Waals surface area contributed by atoms with E-state index in [4.69, 9.17) is 9.72 Å². The summed E-state index contributed by atoms with van der Waals surface area (Å²) >= 11 is 0. The van der Waals surface area contributed by atoms with Crippen molar-refractivity contribution < 1.29 is 9.13 Å². The van der Waals surface area contributed by atoms with Crippen LogP contribution >= 0.6 is 0 Å². The minimum absolute atomic E-state index is 0.387. The average Bonchev–Trinajstić information content (AvgIpc) is 3.51. The number of rotatable bonds is 6. The number of ether oxygens (including phenoxy) is 1. The van der Waals surface area contributed by atoms with Gasteiger partial charge in [0.05, 0.1) is 30.0 Å². The molecule has 37 heavy (non-hydrogen) atoms. The van der Waals surface area contributed by atoms with Crippen LogP contribution in [0.15, 0.2) is 61.2 Å². The van der Waals surface area contributed by atoms with Crippen LogP contribution in [-0.4, -0.2) is 61.2 Å². The van der Waals surface area contributed by atoms with Crippen LogP contribution in [0, 0.1) is 5.82 Å². The first kappa shape index (κ1) is 22.7. The van der Waals surface area contributed by atoms with E-state index >= 15 is 0 Å². The Kier molecular flexibility index (Phi) is 5.57. The van der Waals surface area contributed by atoms with Gasteiger partial charge in [-0.05, 0) is 55.6 Å². The maximum absolute atomic E-state index is 14.2. The SMILES string of the molecule is COc1cc(F)cc(-c2ccnc3nc(-c4n[nH]c5cnc(-c6cncc(CN(C)C)c6)cc45)[nH]c23)c1. The van der Waals surface area contributed by atoms with Crippen molar-refractivity contribution in [3.8, 4) is 39.7 Å². The third kappa shape index (κ3) is 4.27. The van der Waals surface area contributed by atoms with Crippen molar-refractivity contribution in [2.45, 2.75) is 6.54 Å². The smallest absolute Gasteiger partial charge is 0.178 e. The van der Waals surface area contributed by atoms with Crippen LogP contribution in [0.1, 0.15) is 5.56 Å². The number of aromatic amines is 2. The Balaban J connectivity index is 1.45. The summed E-state index contributed by atoms with van der Waals surface area (Å²) in [4.78, 5) is 23.5. The highest BCUT2D eigenvalue weighted by Gasteiger charge is 2.17. The topological polar surface area (TPSA) is 108 Å². The molecule has 5 heterocycles. The lowest BCUT2D eigenvalue weighted by Gasteiger charge is -2.10. The van der Waals surface area contributed by atoms with Gasteiger partial charge in [-0.1, -0.05) is 0 Å². The summed E-state index contributed by atoms with van der Waals surface area (Å²) in [7, 11) is 5.55. The van der Waals surface area contributed by atoms with Gasteiger partial charge in [0, 0.05) is 47.7 Å². The Hall–Kier alpha value is -4.70. The molecule has 0 saturated heterocycles. The third-order valence-corrected chi connectivity index (χ3v) is 6.07. The van der Waals surface area contributed by atoms with Crippen molar-refractivity contribution in [1.82, 2.24) is 40.0 Å². The molecule has 0 aliphatic carbocycles. The van der Waals surface area contributed by atoms with Gasteiger partial charge < -0.3 is 14.6 Å². The van der Waals surface area contributed by atoms with Crippen LogP contribution < -0.4 is 4.74 Å². The average molecular weight is 495 g/mol. The Morgan fingerprint density at radius 3 is 2.73 bits per heavy atom. The van der Waals surface area contributed by atoms with Gasteiger partial charge in [0.25, 0.3) is 0 Å². The number of hydrogen-bond donors (Lipinski definition) is 2. The molecule has 6 aromatic rings. The molecule has 2 N–H and O–H groups in total. The molecule has 0 unspecified atom stereocenters. The van der Waals surface area contributed by atoms with Gasteiger partial charge in [-0.2, -0.15) is 5.10 Å². The highest BCUT2D eigenvalue weighted by atomic mass is 19.1. The van der Waals surface area contributed by atoms with E-state index in [-0.39, 0.29) is 5.82 Å². The first-order valence-corrected chi connectivity index (χ1v) is 11.6. The lowest BCUT2D eigenvalue weighted by Crippen LogP contribution is -2.10. The first-order chi connectivity index (χ1) is 18.0. The van der Waals surface area contributed by atoms with E-state index in [1.165, 1.54) is 19.2 Å². The molecule has 0 amide bonds. The Bertz CT molecular complexity index is 1760. The van der Waals surface area contributed by atoms with Crippen molar-refractivity contribution in [1.29, 1.82) is 0 Å². The second-order valence-electron chi connectivity index (χ2n) is 9.03. The van der Waals surface area contributed by atoms with E-state index in [1.54, 1.807) is 24.7 Å². The number of fused-ring (bicyclic) bond motifs is 2. The largest absolute Gasteiger partial charge is 0.497 e. The van der Waals surface area contributed by atoms with E-state index in [9.17, 15) is 4.39 Å². The number of hydrogen-bond acceptors (Lipinski definition) is 7. The molecule has 5 aromatic heterocycles. The molecule has 0 aliphatic rings. The first-order valence-electron chi connectivity index (χ1n) is 11.6. The van der Waals surface area contributed by atoms with E-state index in [2.05, 4.69) is 41.1 Å². The predicted molar refractivity (Wildman–Crippen MR) is 139 cm³/mol. The number of pyridine rings is 3.